The van der Waals surface area contributed by atoms with Gasteiger partial charge in [0, 0.05) is 29.6 Å². The second-order valence-electron chi connectivity index (χ2n) is 3.40. The van der Waals surface area contributed by atoms with Gasteiger partial charge in [0.1, 0.15) is 5.82 Å². The number of nitrogens with one attached hydrogen (secondary N) is 1. The van der Waals surface area contributed by atoms with Crippen LogP contribution in [0.4, 0.5) is 5.82 Å². The average Bonchev–Trinajstić information content (AvgIpc) is 2.33. The Hall–Kier alpha value is -1.42. The predicted molar refractivity (Wildman–Crippen MR) is 68.4 cm³/mol. The van der Waals surface area contributed by atoms with Gasteiger partial charge in [0.2, 0.25) is 0 Å². The van der Waals surface area contributed by atoms with Gasteiger partial charge in [-0.1, -0.05) is 6.07 Å². The summed E-state index contributed by atoms with van der Waals surface area (Å²) in [6, 6.07) is 7.95. The minimum Gasteiger partial charge on any atom is -0.370 e. The molecular formula is C12H12BrN3. The zero-order valence-corrected chi connectivity index (χ0v) is 10.3. The van der Waals surface area contributed by atoms with Crippen LogP contribution < -0.4 is 5.32 Å². The zero-order valence-electron chi connectivity index (χ0n) is 8.73. The molecule has 16 heavy (non-hydrogen) atoms. The third-order valence-corrected chi connectivity index (χ3v) is 2.64. The molecule has 0 radical (unpaired) electrons. The first-order valence-electron chi connectivity index (χ1n) is 5.09. The largest absolute Gasteiger partial charge is 0.370 e. The molecule has 0 saturated carbocycles. The second-order valence-corrected chi connectivity index (χ2v) is 4.32. The third kappa shape index (κ3) is 3.31. The lowest BCUT2D eigenvalue weighted by Gasteiger charge is -2.04. The van der Waals surface area contributed by atoms with Gasteiger partial charge < -0.3 is 5.32 Å². The lowest BCUT2D eigenvalue weighted by atomic mass is 10.2. The molecule has 82 valence electrons. The number of anilines is 1. The lowest BCUT2D eigenvalue weighted by Crippen LogP contribution is -2.06. The van der Waals surface area contributed by atoms with Crippen LogP contribution in [0.5, 0.6) is 0 Å². The molecule has 4 heteroatoms. The average molecular weight is 278 g/mol. The van der Waals surface area contributed by atoms with E-state index in [-0.39, 0.29) is 0 Å². The van der Waals surface area contributed by atoms with Gasteiger partial charge >= 0.3 is 0 Å². The predicted octanol–water partition coefficient (Wildman–Crippen LogP) is 2.89. The maximum absolute atomic E-state index is 4.24. The molecule has 0 aromatic carbocycles. The number of rotatable bonds is 4. The Labute approximate surface area is 103 Å². The number of halogens is 1. The summed E-state index contributed by atoms with van der Waals surface area (Å²) in [5.74, 6) is 0.895. The molecule has 0 atom stereocenters. The molecule has 0 aliphatic heterocycles. The van der Waals surface area contributed by atoms with Crippen LogP contribution in [0.15, 0.2) is 47.3 Å². The normalized spacial score (nSPS) is 10.1. The second kappa shape index (κ2) is 5.61. The van der Waals surface area contributed by atoms with Crippen molar-refractivity contribution in [2.45, 2.75) is 6.42 Å². The molecule has 2 aromatic rings. The van der Waals surface area contributed by atoms with Crippen molar-refractivity contribution in [3.63, 3.8) is 0 Å². The highest BCUT2D eigenvalue weighted by molar-refractivity contribution is 9.10. The van der Waals surface area contributed by atoms with E-state index in [1.165, 1.54) is 5.56 Å². The lowest BCUT2D eigenvalue weighted by molar-refractivity contribution is 0.993. The molecule has 0 fully saturated rings. The van der Waals surface area contributed by atoms with E-state index in [1.54, 1.807) is 12.4 Å². The molecule has 3 nitrogen and oxygen atoms in total. The minimum atomic E-state index is 0.861. The van der Waals surface area contributed by atoms with E-state index in [0.29, 0.717) is 0 Å². The Morgan fingerprint density at radius 1 is 1.19 bits per heavy atom. The number of pyridine rings is 2. The number of nitrogens with zero attached hydrogens (tertiary/aromatic N) is 2. The summed E-state index contributed by atoms with van der Waals surface area (Å²) >= 11 is 3.35. The third-order valence-electron chi connectivity index (χ3n) is 2.17. The first kappa shape index (κ1) is 11.1. The van der Waals surface area contributed by atoms with Crippen molar-refractivity contribution in [2.24, 2.45) is 0 Å². The van der Waals surface area contributed by atoms with Crippen molar-refractivity contribution in [1.29, 1.82) is 0 Å². The molecule has 2 heterocycles. The first-order valence-corrected chi connectivity index (χ1v) is 5.88. The molecule has 2 rings (SSSR count). The van der Waals surface area contributed by atoms with E-state index in [4.69, 9.17) is 0 Å². The summed E-state index contributed by atoms with van der Waals surface area (Å²) in [6.45, 7) is 0.861. The Kier molecular flexibility index (Phi) is 3.88. The first-order chi connectivity index (χ1) is 7.84. The molecule has 0 amide bonds. The van der Waals surface area contributed by atoms with Crippen molar-refractivity contribution in [3.8, 4) is 0 Å². The zero-order chi connectivity index (χ0) is 11.2. The molecule has 0 spiro atoms. The molecule has 0 bridgehead atoms. The molecule has 0 unspecified atom stereocenters. The van der Waals surface area contributed by atoms with Crippen LogP contribution in [0.3, 0.4) is 0 Å². The molecule has 2 aromatic heterocycles. The molecule has 0 aliphatic rings. The molecule has 0 aliphatic carbocycles. The summed E-state index contributed by atoms with van der Waals surface area (Å²) in [5.41, 5.74) is 1.23. The van der Waals surface area contributed by atoms with E-state index >= 15 is 0 Å². The topological polar surface area (TPSA) is 37.8 Å². The van der Waals surface area contributed by atoms with Crippen molar-refractivity contribution >= 4 is 21.7 Å². The van der Waals surface area contributed by atoms with Gasteiger partial charge in [-0.3, -0.25) is 4.98 Å². The van der Waals surface area contributed by atoms with Crippen molar-refractivity contribution in [1.82, 2.24) is 9.97 Å². The van der Waals surface area contributed by atoms with E-state index in [1.807, 2.05) is 24.4 Å². The summed E-state index contributed by atoms with van der Waals surface area (Å²) in [7, 11) is 0. The van der Waals surface area contributed by atoms with Crippen molar-refractivity contribution in [3.05, 3.63) is 52.9 Å². The fourth-order valence-corrected chi connectivity index (χ4v) is 1.60. The standard InChI is InChI=1S/C12H12BrN3/c13-11-3-4-12(16-9-11)15-7-5-10-2-1-6-14-8-10/h1-4,6,8-9H,5,7H2,(H,15,16). The van der Waals surface area contributed by atoms with Crippen LogP contribution in [0, 0.1) is 0 Å². The SMILES string of the molecule is Brc1ccc(NCCc2cccnc2)nc1. The van der Waals surface area contributed by atoms with Crippen LogP contribution in [-0.4, -0.2) is 16.5 Å². The maximum atomic E-state index is 4.24. The van der Waals surface area contributed by atoms with Crippen molar-refractivity contribution < 1.29 is 0 Å². The monoisotopic (exact) mass is 277 g/mol. The summed E-state index contributed by atoms with van der Waals surface area (Å²) < 4.78 is 0.991. The van der Waals surface area contributed by atoms with E-state index in [9.17, 15) is 0 Å². The van der Waals surface area contributed by atoms with E-state index in [0.717, 1.165) is 23.3 Å². The van der Waals surface area contributed by atoms with Gasteiger partial charge in [0.15, 0.2) is 0 Å². The van der Waals surface area contributed by atoms with Crippen LogP contribution >= 0.6 is 15.9 Å². The minimum absolute atomic E-state index is 0.861. The summed E-state index contributed by atoms with van der Waals surface area (Å²) in [4.78, 5) is 8.31. The Morgan fingerprint density at radius 2 is 2.12 bits per heavy atom. The Balaban J connectivity index is 1.82. The molecule has 1 N–H and O–H groups in total. The smallest absolute Gasteiger partial charge is 0.125 e. The van der Waals surface area contributed by atoms with Crippen LogP contribution in [-0.2, 0) is 6.42 Å². The molecule has 0 saturated heterocycles. The highest BCUT2D eigenvalue weighted by Crippen LogP contribution is 2.10. The van der Waals surface area contributed by atoms with Gasteiger partial charge in [-0.15, -0.1) is 0 Å². The van der Waals surface area contributed by atoms with Gasteiger partial charge in [-0.2, -0.15) is 0 Å². The van der Waals surface area contributed by atoms with E-state index < -0.39 is 0 Å². The summed E-state index contributed by atoms with van der Waals surface area (Å²) in [5, 5.41) is 3.26. The van der Waals surface area contributed by atoms with Crippen molar-refractivity contribution in [2.75, 3.05) is 11.9 Å². The van der Waals surface area contributed by atoms with Gasteiger partial charge in [-0.25, -0.2) is 4.98 Å². The van der Waals surface area contributed by atoms with E-state index in [2.05, 4.69) is 37.3 Å². The number of aromatic nitrogens is 2. The highest BCUT2D eigenvalue weighted by Gasteiger charge is 1.94. The fraction of sp³-hybridized carbons (Fsp3) is 0.167. The number of hydrogen-bond acceptors (Lipinski definition) is 3. The van der Waals surface area contributed by atoms with Crippen LogP contribution in [0.2, 0.25) is 0 Å². The Bertz CT molecular complexity index is 428. The van der Waals surface area contributed by atoms with Crippen LogP contribution in [0.1, 0.15) is 5.56 Å². The Morgan fingerprint density at radius 3 is 2.81 bits per heavy atom. The quantitative estimate of drug-likeness (QED) is 0.934. The number of hydrogen-bond donors (Lipinski definition) is 1. The van der Waals surface area contributed by atoms with Gasteiger partial charge in [0.05, 0.1) is 0 Å². The maximum Gasteiger partial charge on any atom is 0.125 e. The van der Waals surface area contributed by atoms with Gasteiger partial charge in [0.25, 0.3) is 0 Å². The molecular weight excluding hydrogens is 266 g/mol. The fourth-order valence-electron chi connectivity index (χ4n) is 1.36. The summed E-state index contributed by atoms with van der Waals surface area (Å²) in [6.07, 6.45) is 6.40. The van der Waals surface area contributed by atoms with Crippen LogP contribution in [0.25, 0.3) is 0 Å². The highest BCUT2D eigenvalue weighted by atomic mass is 79.9. The van der Waals surface area contributed by atoms with Gasteiger partial charge in [-0.05, 0) is 46.1 Å².